The van der Waals surface area contributed by atoms with E-state index in [1.165, 1.54) is 37.8 Å². The third kappa shape index (κ3) is 2.80. The number of likely N-dealkylation sites (N-methyl/N-ethyl adjacent to an activating group) is 1. The molecule has 0 amide bonds. The lowest BCUT2D eigenvalue weighted by atomic mass is 9.87. The van der Waals surface area contributed by atoms with Crippen LogP contribution in [0.3, 0.4) is 0 Å². The molecule has 1 aliphatic carbocycles. The lowest BCUT2D eigenvalue weighted by molar-refractivity contribution is 0.140. The molecule has 0 spiro atoms. The van der Waals surface area contributed by atoms with E-state index < -0.39 is 6.23 Å². The Morgan fingerprint density at radius 2 is 2.21 bits per heavy atom. The average molecular weight is 327 g/mol. The highest BCUT2D eigenvalue weighted by atomic mass is 16.3. The molecule has 1 aliphatic rings. The van der Waals surface area contributed by atoms with Gasteiger partial charge in [-0.1, -0.05) is 26.2 Å². The van der Waals surface area contributed by atoms with Gasteiger partial charge in [-0.25, -0.2) is 9.97 Å². The summed E-state index contributed by atoms with van der Waals surface area (Å²) in [4.78, 5) is 12.5. The topological polar surface area (TPSA) is 78.2 Å². The van der Waals surface area contributed by atoms with E-state index >= 15 is 0 Å². The van der Waals surface area contributed by atoms with Crippen LogP contribution in [0.2, 0.25) is 0 Å². The number of aliphatic hydroxyl groups is 1. The Morgan fingerprint density at radius 1 is 1.38 bits per heavy atom. The van der Waals surface area contributed by atoms with Gasteiger partial charge in [0.05, 0.1) is 17.4 Å². The maximum Gasteiger partial charge on any atom is 0.156 e. The van der Waals surface area contributed by atoms with Gasteiger partial charge in [-0.2, -0.15) is 0 Å². The number of fused-ring (bicyclic) bond motifs is 3. The van der Waals surface area contributed by atoms with Gasteiger partial charge >= 0.3 is 0 Å². The largest absolute Gasteiger partial charge is 0.378 e. The minimum Gasteiger partial charge on any atom is -0.378 e. The Labute approximate surface area is 141 Å². The quantitative estimate of drug-likeness (QED) is 0.630. The Balaban J connectivity index is 1.74. The van der Waals surface area contributed by atoms with Crippen molar-refractivity contribution in [3.63, 3.8) is 0 Å². The molecule has 1 saturated carbocycles. The second-order valence-electron chi connectivity index (χ2n) is 6.78. The first-order valence-corrected chi connectivity index (χ1v) is 9.01. The minimum absolute atomic E-state index is 0.547. The summed E-state index contributed by atoms with van der Waals surface area (Å²) in [6.07, 6.45) is 12.4. The van der Waals surface area contributed by atoms with Crippen LogP contribution in [0.4, 0.5) is 0 Å². The fourth-order valence-electron chi connectivity index (χ4n) is 3.88. The van der Waals surface area contributed by atoms with Crippen LogP contribution < -0.4 is 5.32 Å². The smallest absolute Gasteiger partial charge is 0.156 e. The number of nitrogens with zero attached hydrogens (tertiary/aromatic N) is 3. The molecule has 24 heavy (non-hydrogen) atoms. The van der Waals surface area contributed by atoms with Crippen molar-refractivity contribution in [1.82, 2.24) is 24.7 Å². The zero-order valence-electron chi connectivity index (χ0n) is 14.1. The molecule has 128 valence electrons. The third-order valence-corrected chi connectivity index (χ3v) is 5.09. The summed E-state index contributed by atoms with van der Waals surface area (Å²) in [5.41, 5.74) is 5.00. The molecule has 6 nitrogen and oxygen atoms in total. The highest BCUT2D eigenvalue weighted by Gasteiger charge is 2.20. The number of nitrogens with one attached hydrogen (secondary N) is 2. The van der Waals surface area contributed by atoms with Gasteiger partial charge in [0.2, 0.25) is 0 Å². The molecule has 0 saturated heterocycles. The van der Waals surface area contributed by atoms with Crippen molar-refractivity contribution in [3.8, 4) is 0 Å². The molecule has 1 atom stereocenters. The Kier molecular flexibility index (Phi) is 4.24. The van der Waals surface area contributed by atoms with Gasteiger partial charge in [0.15, 0.2) is 11.3 Å². The molecule has 1 unspecified atom stereocenters. The van der Waals surface area contributed by atoms with Crippen molar-refractivity contribution in [1.29, 1.82) is 0 Å². The Morgan fingerprint density at radius 3 is 3.00 bits per heavy atom. The third-order valence-electron chi connectivity index (χ3n) is 5.09. The molecule has 4 rings (SSSR count). The highest BCUT2D eigenvalue weighted by Crippen LogP contribution is 2.32. The number of imidazole rings is 1. The van der Waals surface area contributed by atoms with Crippen molar-refractivity contribution < 1.29 is 5.11 Å². The van der Waals surface area contributed by atoms with Crippen LogP contribution >= 0.6 is 0 Å². The van der Waals surface area contributed by atoms with Gasteiger partial charge in [0.25, 0.3) is 0 Å². The highest BCUT2D eigenvalue weighted by molar-refractivity contribution is 5.78. The summed E-state index contributed by atoms with van der Waals surface area (Å²) in [5, 5.41) is 13.1. The summed E-state index contributed by atoms with van der Waals surface area (Å²) in [5.74, 6) is 0.573. The fourth-order valence-corrected chi connectivity index (χ4v) is 3.88. The van der Waals surface area contributed by atoms with Crippen LogP contribution in [-0.2, 0) is 6.42 Å². The summed E-state index contributed by atoms with van der Waals surface area (Å²) >= 11 is 0. The first kappa shape index (κ1) is 15.6. The first-order chi connectivity index (χ1) is 11.8. The zero-order chi connectivity index (χ0) is 16.5. The Bertz CT molecular complexity index is 831. The van der Waals surface area contributed by atoms with Crippen molar-refractivity contribution >= 4 is 16.8 Å². The maximum atomic E-state index is 10.1. The van der Waals surface area contributed by atoms with Gasteiger partial charge in [-0.3, -0.25) is 9.72 Å². The molecular weight excluding hydrogens is 302 g/mol. The molecule has 3 aromatic rings. The molecule has 0 bridgehead atoms. The lowest BCUT2D eigenvalue weighted by Crippen LogP contribution is -2.30. The second kappa shape index (κ2) is 6.53. The first-order valence-electron chi connectivity index (χ1n) is 9.01. The van der Waals surface area contributed by atoms with Crippen molar-refractivity contribution in [2.24, 2.45) is 0 Å². The lowest BCUT2D eigenvalue weighted by Gasteiger charge is -2.19. The average Bonchev–Trinajstić information content (AvgIpc) is 3.19. The number of aliphatic hydroxyl groups excluding tert-OH is 1. The van der Waals surface area contributed by atoms with E-state index in [4.69, 9.17) is 4.98 Å². The van der Waals surface area contributed by atoms with E-state index in [9.17, 15) is 5.11 Å². The molecule has 3 heterocycles. The van der Waals surface area contributed by atoms with Crippen LogP contribution in [0, 0.1) is 0 Å². The molecule has 3 N–H and O–H groups in total. The standard InChI is InChI=1S/C18H25N5O/c1-2-19-16(24)8-13-9-20-18-17(13)23-11-14(22-15(23)10-21-18)12-6-4-3-5-7-12/h9-12,16,19-20,24H,2-8H2,1H3. The number of aromatic nitrogens is 4. The van der Waals surface area contributed by atoms with Crippen molar-refractivity contribution in [3.05, 3.63) is 29.8 Å². The normalized spacial score (nSPS) is 17.8. The summed E-state index contributed by atoms with van der Waals surface area (Å²) in [6, 6.07) is 0. The van der Waals surface area contributed by atoms with Gasteiger partial charge < -0.3 is 10.1 Å². The SMILES string of the molecule is CCNC(O)Cc1c[nH]c2ncc3nc(C4CCCCC4)cn3c12. The van der Waals surface area contributed by atoms with Crippen molar-refractivity contribution in [2.45, 2.75) is 57.6 Å². The molecule has 3 aromatic heterocycles. The van der Waals surface area contributed by atoms with Gasteiger partial charge in [0, 0.05) is 24.7 Å². The predicted molar refractivity (Wildman–Crippen MR) is 94.1 cm³/mol. The van der Waals surface area contributed by atoms with Crippen LogP contribution in [0.1, 0.15) is 56.2 Å². The fraction of sp³-hybridized carbons (Fsp3) is 0.556. The summed E-state index contributed by atoms with van der Waals surface area (Å²) < 4.78 is 2.14. The van der Waals surface area contributed by atoms with E-state index in [1.54, 1.807) is 0 Å². The molecule has 0 aromatic carbocycles. The predicted octanol–water partition coefficient (Wildman–Crippen LogP) is 2.73. The van der Waals surface area contributed by atoms with Crippen LogP contribution in [0.15, 0.2) is 18.6 Å². The number of rotatable bonds is 5. The van der Waals surface area contributed by atoms with Gasteiger partial charge in [-0.05, 0) is 24.9 Å². The Hall–Kier alpha value is -1.92. The van der Waals surface area contributed by atoms with E-state index in [0.29, 0.717) is 12.3 Å². The van der Waals surface area contributed by atoms with E-state index in [-0.39, 0.29) is 0 Å². The van der Waals surface area contributed by atoms with E-state index in [1.807, 2.05) is 19.3 Å². The number of H-pyrrole nitrogens is 1. The molecule has 1 fully saturated rings. The number of hydrogen-bond acceptors (Lipinski definition) is 4. The monoisotopic (exact) mass is 327 g/mol. The second-order valence-corrected chi connectivity index (χ2v) is 6.78. The summed E-state index contributed by atoms with van der Waals surface area (Å²) in [7, 11) is 0. The van der Waals surface area contributed by atoms with Crippen LogP contribution in [0.25, 0.3) is 16.8 Å². The molecule has 6 heteroatoms. The molecule has 0 aliphatic heterocycles. The summed E-state index contributed by atoms with van der Waals surface area (Å²) in [6.45, 7) is 2.73. The number of hydrogen-bond donors (Lipinski definition) is 3. The van der Waals surface area contributed by atoms with E-state index in [0.717, 1.165) is 28.9 Å². The molecule has 0 radical (unpaired) electrons. The van der Waals surface area contributed by atoms with Gasteiger partial charge in [0.1, 0.15) is 6.23 Å². The minimum atomic E-state index is -0.550. The van der Waals surface area contributed by atoms with Gasteiger partial charge in [-0.15, -0.1) is 0 Å². The zero-order valence-corrected chi connectivity index (χ0v) is 14.1. The molecular formula is C18H25N5O. The number of aromatic amines is 1. The van der Waals surface area contributed by atoms with Crippen LogP contribution in [-0.4, -0.2) is 37.2 Å². The maximum absolute atomic E-state index is 10.1. The van der Waals surface area contributed by atoms with Crippen molar-refractivity contribution in [2.75, 3.05) is 6.54 Å². The van der Waals surface area contributed by atoms with E-state index in [2.05, 4.69) is 25.9 Å². The van der Waals surface area contributed by atoms with Crippen LogP contribution in [0.5, 0.6) is 0 Å².